The van der Waals surface area contributed by atoms with Gasteiger partial charge in [0, 0.05) is 74.9 Å². The molecule has 0 unspecified atom stereocenters. The molecule has 0 spiro atoms. The van der Waals surface area contributed by atoms with Crippen molar-refractivity contribution in [1.29, 1.82) is 0 Å². The Bertz CT molecular complexity index is 1290. The SMILES string of the molecule is CCC(=O)N1CCN(c2ccc(Nc3cc(NCc4cccc([N+](=O)[O-])c4)c(C(N)=O)cn3)cc2)CC1. The average molecular weight is 504 g/mol. The number of benzene rings is 2. The maximum absolute atomic E-state index is 11.9. The van der Waals surface area contributed by atoms with Crippen molar-refractivity contribution in [3.05, 3.63) is 82.0 Å². The zero-order chi connectivity index (χ0) is 26.4. The molecular weight excluding hydrogens is 474 g/mol. The van der Waals surface area contributed by atoms with Crippen LogP contribution in [0.3, 0.4) is 0 Å². The number of nitrogens with zero attached hydrogens (tertiary/aromatic N) is 4. The van der Waals surface area contributed by atoms with Crippen molar-refractivity contribution >= 4 is 40.4 Å². The maximum Gasteiger partial charge on any atom is 0.269 e. The van der Waals surface area contributed by atoms with Gasteiger partial charge in [-0.05, 0) is 29.8 Å². The molecule has 0 aliphatic carbocycles. The van der Waals surface area contributed by atoms with Gasteiger partial charge in [0.05, 0.1) is 16.2 Å². The summed E-state index contributed by atoms with van der Waals surface area (Å²) in [6.45, 7) is 5.15. The number of aromatic nitrogens is 1. The molecule has 2 heterocycles. The monoisotopic (exact) mass is 503 g/mol. The predicted molar refractivity (Wildman–Crippen MR) is 142 cm³/mol. The van der Waals surface area contributed by atoms with E-state index >= 15 is 0 Å². The van der Waals surface area contributed by atoms with Crippen molar-refractivity contribution in [3.8, 4) is 0 Å². The Hall–Kier alpha value is -4.67. The number of pyridine rings is 1. The smallest absolute Gasteiger partial charge is 0.269 e. The van der Waals surface area contributed by atoms with E-state index in [9.17, 15) is 19.7 Å². The zero-order valence-electron chi connectivity index (χ0n) is 20.5. The standard InChI is InChI=1S/C26H29N7O4/c1-2-25(34)32-12-10-31(11-13-32)20-8-6-19(7-9-20)30-24-15-23(22(17-29-24)26(27)35)28-16-18-4-3-5-21(14-18)33(36)37/h3-9,14-15,17H,2,10-13,16H2,1H3,(H2,27,35)(H2,28,29,30). The summed E-state index contributed by atoms with van der Waals surface area (Å²) < 4.78 is 0. The van der Waals surface area contributed by atoms with Crippen LogP contribution in [0.2, 0.25) is 0 Å². The Morgan fingerprint density at radius 1 is 1.08 bits per heavy atom. The minimum absolute atomic E-state index is 0.00807. The summed E-state index contributed by atoms with van der Waals surface area (Å²) >= 11 is 0. The first-order chi connectivity index (χ1) is 17.8. The molecule has 1 saturated heterocycles. The van der Waals surface area contributed by atoms with Crippen LogP contribution in [0.25, 0.3) is 0 Å². The number of primary amides is 1. The van der Waals surface area contributed by atoms with E-state index in [-0.39, 0.29) is 23.7 Å². The molecular formula is C26H29N7O4. The number of piperazine rings is 1. The molecule has 4 rings (SSSR count). The first-order valence-corrected chi connectivity index (χ1v) is 12.0. The fraction of sp³-hybridized carbons (Fsp3) is 0.269. The molecule has 0 atom stereocenters. The number of carbonyl (C=O) groups is 2. The van der Waals surface area contributed by atoms with Crippen molar-refractivity contribution in [2.45, 2.75) is 19.9 Å². The third-order valence-corrected chi connectivity index (χ3v) is 6.21. The van der Waals surface area contributed by atoms with Crippen LogP contribution in [0, 0.1) is 10.1 Å². The van der Waals surface area contributed by atoms with Crippen molar-refractivity contribution < 1.29 is 14.5 Å². The Labute approximate surface area is 214 Å². The van der Waals surface area contributed by atoms with E-state index in [0.29, 0.717) is 23.5 Å². The largest absolute Gasteiger partial charge is 0.380 e. The van der Waals surface area contributed by atoms with Gasteiger partial charge in [-0.1, -0.05) is 19.1 Å². The summed E-state index contributed by atoms with van der Waals surface area (Å²) in [5.74, 6) is 0.0599. The molecule has 0 radical (unpaired) electrons. The number of nitrogens with two attached hydrogens (primary N) is 1. The molecule has 1 aliphatic heterocycles. The molecule has 11 heteroatoms. The van der Waals surface area contributed by atoms with Gasteiger partial charge in [-0.15, -0.1) is 0 Å². The number of hydrogen-bond donors (Lipinski definition) is 3. The minimum Gasteiger partial charge on any atom is -0.380 e. The van der Waals surface area contributed by atoms with E-state index in [2.05, 4.69) is 20.5 Å². The topological polar surface area (TPSA) is 147 Å². The lowest BCUT2D eigenvalue weighted by Crippen LogP contribution is -2.48. The van der Waals surface area contributed by atoms with Gasteiger partial charge in [0.25, 0.3) is 11.6 Å². The summed E-state index contributed by atoms with van der Waals surface area (Å²) in [6, 6.07) is 15.8. The fourth-order valence-electron chi connectivity index (χ4n) is 4.18. The fourth-order valence-corrected chi connectivity index (χ4v) is 4.18. The first kappa shape index (κ1) is 25.4. The highest BCUT2D eigenvalue weighted by Crippen LogP contribution is 2.25. The second-order valence-electron chi connectivity index (χ2n) is 8.65. The minimum atomic E-state index is -0.634. The van der Waals surface area contributed by atoms with Gasteiger partial charge in [0.15, 0.2) is 0 Å². The summed E-state index contributed by atoms with van der Waals surface area (Å²) in [5, 5.41) is 17.4. The molecule has 37 heavy (non-hydrogen) atoms. The number of carbonyl (C=O) groups excluding carboxylic acids is 2. The molecule has 1 fully saturated rings. The molecule has 4 N–H and O–H groups in total. The molecule has 11 nitrogen and oxygen atoms in total. The van der Waals surface area contributed by atoms with Crippen LogP contribution in [0.4, 0.5) is 28.6 Å². The molecule has 2 amide bonds. The van der Waals surface area contributed by atoms with Gasteiger partial charge in [-0.3, -0.25) is 19.7 Å². The van der Waals surface area contributed by atoms with Crippen LogP contribution in [0.1, 0.15) is 29.3 Å². The van der Waals surface area contributed by atoms with E-state index in [1.807, 2.05) is 36.1 Å². The number of rotatable bonds is 9. The average Bonchev–Trinajstić information content (AvgIpc) is 2.92. The van der Waals surface area contributed by atoms with E-state index in [1.54, 1.807) is 18.2 Å². The van der Waals surface area contributed by atoms with Gasteiger partial charge in [0.1, 0.15) is 5.82 Å². The van der Waals surface area contributed by atoms with E-state index < -0.39 is 10.8 Å². The summed E-state index contributed by atoms with van der Waals surface area (Å²) in [4.78, 5) is 42.9. The zero-order valence-corrected chi connectivity index (χ0v) is 20.5. The van der Waals surface area contributed by atoms with Gasteiger partial charge in [-0.25, -0.2) is 4.98 Å². The van der Waals surface area contributed by atoms with E-state index in [1.165, 1.54) is 18.3 Å². The first-order valence-electron chi connectivity index (χ1n) is 12.0. The molecule has 3 aromatic rings. The van der Waals surface area contributed by atoms with Crippen molar-refractivity contribution in [3.63, 3.8) is 0 Å². The number of anilines is 4. The summed E-state index contributed by atoms with van der Waals surface area (Å²) in [5.41, 5.74) is 8.76. The van der Waals surface area contributed by atoms with Crippen LogP contribution in [0.5, 0.6) is 0 Å². The predicted octanol–water partition coefficient (Wildman–Crippen LogP) is 3.50. The number of nitro groups is 1. The maximum atomic E-state index is 11.9. The van der Waals surface area contributed by atoms with Crippen LogP contribution >= 0.6 is 0 Å². The Balaban J connectivity index is 1.42. The number of non-ortho nitro benzene ring substituents is 1. The number of hydrogen-bond acceptors (Lipinski definition) is 8. The summed E-state index contributed by atoms with van der Waals surface area (Å²) in [6.07, 6.45) is 1.92. The molecule has 1 aliphatic rings. The molecule has 192 valence electrons. The van der Waals surface area contributed by atoms with Gasteiger partial charge in [-0.2, -0.15) is 0 Å². The number of nitrogens with one attached hydrogen (secondary N) is 2. The molecule has 0 saturated carbocycles. The number of amides is 2. The number of nitro benzene ring substituents is 1. The van der Waals surface area contributed by atoms with Crippen molar-refractivity contribution in [2.24, 2.45) is 5.73 Å². The van der Waals surface area contributed by atoms with Crippen molar-refractivity contribution in [2.75, 3.05) is 41.7 Å². The third-order valence-electron chi connectivity index (χ3n) is 6.21. The highest BCUT2D eigenvalue weighted by Gasteiger charge is 2.20. The van der Waals surface area contributed by atoms with E-state index in [4.69, 9.17) is 5.73 Å². The van der Waals surface area contributed by atoms with Crippen LogP contribution in [-0.2, 0) is 11.3 Å². The Morgan fingerprint density at radius 3 is 2.46 bits per heavy atom. The van der Waals surface area contributed by atoms with Crippen molar-refractivity contribution in [1.82, 2.24) is 9.88 Å². The second-order valence-corrected chi connectivity index (χ2v) is 8.65. The highest BCUT2D eigenvalue weighted by molar-refractivity contribution is 5.98. The molecule has 1 aromatic heterocycles. The Morgan fingerprint density at radius 2 is 1.81 bits per heavy atom. The normalized spacial score (nSPS) is 13.2. The van der Waals surface area contributed by atoms with Gasteiger partial charge in [0.2, 0.25) is 5.91 Å². The molecule has 2 aromatic carbocycles. The van der Waals surface area contributed by atoms with E-state index in [0.717, 1.165) is 37.6 Å². The Kier molecular flexibility index (Phi) is 7.82. The lowest BCUT2D eigenvalue weighted by atomic mass is 10.1. The third kappa shape index (κ3) is 6.31. The van der Waals surface area contributed by atoms with Crippen LogP contribution in [-0.4, -0.2) is 52.8 Å². The quantitative estimate of drug-likeness (QED) is 0.297. The lowest BCUT2D eigenvalue weighted by Gasteiger charge is -2.36. The second kappa shape index (κ2) is 11.4. The highest BCUT2D eigenvalue weighted by atomic mass is 16.6. The van der Waals surface area contributed by atoms with Gasteiger partial charge >= 0.3 is 0 Å². The summed E-state index contributed by atoms with van der Waals surface area (Å²) in [7, 11) is 0. The molecule has 0 bridgehead atoms. The van der Waals surface area contributed by atoms with Crippen LogP contribution in [0.15, 0.2) is 60.8 Å². The van der Waals surface area contributed by atoms with Crippen LogP contribution < -0.4 is 21.3 Å². The van der Waals surface area contributed by atoms with Gasteiger partial charge < -0.3 is 26.2 Å². The lowest BCUT2D eigenvalue weighted by molar-refractivity contribution is -0.384.